The molecule has 1 amide bonds. The predicted octanol–water partition coefficient (Wildman–Crippen LogP) is 6.83. The lowest BCUT2D eigenvalue weighted by Gasteiger charge is -2.47. The third-order valence-corrected chi connectivity index (χ3v) is 14.5. The number of allylic oxidation sites excluding steroid dienone is 3. The van der Waals surface area contributed by atoms with Crippen molar-refractivity contribution in [2.75, 3.05) is 27.4 Å². The largest absolute Gasteiger partial charge is 0.456 e. The molecule has 1 aliphatic carbocycles. The van der Waals surface area contributed by atoms with Crippen LogP contribution in [0, 0.1) is 29.6 Å². The molecule has 65 heavy (non-hydrogen) atoms. The normalized spacial score (nSPS) is 36.5. The summed E-state index contributed by atoms with van der Waals surface area (Å²) in [7, 11) is 3.08. The molecule has 3 heterocycles. The van der Waals surface area contributed by atoms with E-state index in [1.807, 2.05) is 45.0 Å². The zero-order valence-electron chi connectivity index (χ0n) is 40.2. The van der Waals surface area contributed by atoms with Gasteiger partial charge in [-0.1, -0.05) is 81.8 Å². The van der Waals surface area contributed by atoms with Crippen LogP contribution in [0.15, 0.2) is 66.3 Å². The summed E-state index contributed by atoms with van der Waals surface area (Å²) in [6.07, 6.45) is 7.05. The van der Waals surface area contributed by atoms with E-state index in [9.17, 15) is 29.4 Å². The molecule has 0 radical (unpaired) electrons. The molecular formula is C52H78N2O11. The molecule has 14 atom stereocenters. The Kier molecular flexibility index (Phi) is 19.7. The Bertz CT molecular complexity index is 1820. The summed E-state index contributed by atoms with van der Waals surface area (Å²) in [5.74, 6) is -7.39. The summed E-state index contributed by atoms with van der Waals surface area (Å²) in [5.41, 5.74) is 2.90. The van der Waals surface area contributed by atoms with Gasteiger partial charge in [-0.3, -0.25) is 14.4 Å². The van der Waals surface area contributed by atoms with E-state index in [0.717, 1.165) is 18.4 Å². The summed E-state index contributed by atoms with van der Waals surface area (Å²) >= 11 is 0. The van der Waals surface area contributed by atoms with E-state index in [1.54, 1.807) is 34.1 Å². The maximum Gasteiger partial charge on any atom is 0.329 e. The quantitative estimate of drug-likeness (QED) is 0.120. The fourth-order valence-corrected chi connectivity index (χ4v) is 10.6. The highest BCUT2D eigenvalue weighted by Crippen LogP contribution is 2.39. The number of methoxy groups -OCH3 is 2. The zero-order chi connectivity index (χ0) is 47.4. The third kappa shape index (κ3) is 13.3. The van der Waals surface area contributed by atoms with Crippen molar-refractivity contribution in [2.24, 2.45) is 29.6 Å². The zero-order valence-corrected chi connectivity index (χ0v) is 40.2. The van der Waals surface area contributed by atoms with Crippen LogP contribution >= 0.6 is 0 Å². The average molecular weight is 907 g/mol. The molecule has 1 aromatic rings. The molecule has 1 saturated carbocycles. The first-order valence-electron chi connectivity index (χ1n) is 24.1. The molecule has 3 fully saturated rings. The lowest BCUT2D eigenvalue weighted by Crippen LogP contribution is -2.64. The minimum Gasteiger partial charge on any atom is -0.456 e. The van der Waals surface area contributed by atoms with Crippen molar-refractivity contribution in [1.29, 1.82) is 0 Å². The number of piperidine rings is 1. The molecule has 13 nitrogen and oxygen atoms in total. The number of fused-ring (bicyclic) bond motifs is 3. The van der Waals surface area contributed by atoms with Crippen LogP contribution in [0.2, 0.25) is 0 Å². The summed E-state index contributed by atoms with van der Waals surface area (Å²) < 4.78 is 30.8. The number of aliphatic hydroxyl groups is 2. The number of nitrogens with zero attached hydrogens (tertiary/aromatic N) is 1. The van der Waals surface area contributed by atoms with Gasteiger partial charge in [-0.25, -0.2) is 4.79 Å². The van der Waals surface area contributed by atoms with Gasteiger partial charge >= 0.3 is 5.97 Å². The van der Waals surface area contributed by atoms with Crippen LogP contribution in [0.4, 0.5) is 0 Å². The summed E-state index contributed by atoms with van der Waals surface area (Å²) in [6.45, 7) is 16.4. The minimum atomic E-state index is -2.50. The molecule has 362 valence electrons. The van der Waals surface area contributed by atoms with E-state index in [0.29, 0.717) is 57.2 Å². The molecule has 2 bridgehead atoms. The number of ether oxygens (including phenoxy) is 5. The highest BCUT2D eigenvalue weighted by Gasteiger charge is 2.56. The van der Waals surface area contributed by atoms with Gasteiger partial charge in [0.25, 0.3) is 11.7 Å². The molecular weight excluding hydrogens is 829 g/mol. The highest BCUT2D eigenvalue weighted by atomic mass is 16.7. The topological polar surface area (TPSA) is 170 Å². The van der Waals surface area contributed by atoms with Crippen molar-refractivity contribution in [3.05, 3.63) is 71.8 Å². The molecule has 0 aromatic heterocycles. The molecule has 5 rings (SSSR count). The van der Waals surface area contributed by atoms with Crippen molar-refractivity contribution in [1.82, 2.24) is 10.2 Å². The number of cyclic esters (lactones) is 1. The highest BCUT2D eigenvalue weighted by molar-refractivity contribution is 6.39. The first-order valence-corrected chi connectivity index (χ1v) is 24.1. The van der Waals surface area contributed by atoms with Crippen molar-refractivity contribution in [3.63, 3.8) is 0 Å². The second-order valence-electron chi connectivity index (χ2n) is 19.4. The Labute approximate surface area is 387 Å². The minimum absolute atomic E-state index is 0.0339. The second-order valence-corrected chi connectivity index (χ2v) is 19.4. The van der Waals surface area contributed by atoms with E-state index >= 15 is 0 Å². The number of benzene rings is 1. The lowest BCUT2D eigenvalue weighted by atomic mass is 9.80. The van der Waals surface area contributed by atoms with E-state index in [4.69, 9.17) is 23.7 Å². The predicted molar refractivity (Wildman–Crippen MR) is 248 cm³/mol. The van der Waals surface area contributed by atoms with Gasteiger partial charge in [-0.15, -0.1) is 6.58 Å². The standard InChI is InChI=1S/C52H78N2O11/c1-10-23-63-44-29-38(20-21-40(44)53-31-37-17-13-12-14-18-37)27-34(5)47-36(7)42(55)30-43(56)39(11-2)25-32(3)24-33(4)26-45(61-8)48-46(62-9)28-35(6)52(60,65-48)49(57)50(58)54-22-16-15-19-41(54)51(59)64-47/h10,12-14,17-18,25,27,33,35-36,38-42,44-48,53,55,60H,1,11,15-16,19-24,26,28-31H2,2-9H3. The molecule has 4 aliphatic rings. The Hall–Kier alpha value is -3.56. The summed E-state index contributed by atoms with van der Waals surface area (Å²) in [4.78, 5) is 58.5. The van der Waals surface area contributed by atoms with E-state index in [2.05, 4.69) is 37.0 Å². The molecule has 2 saturated heterocycles. The number of carbonyl (C=O) groups excluding carboxylic acids is 4. The van der Waals surface area contributed by atoms with Crippen LogP contribution < -0.4 is 5.32 Å². The number of rotatable bonds is 11. The Morgan fingerprint density at radius 1 is 0.969 bits per heavy atom. The number of ketones is 2. The monoisotopic (exact) mass is 907 g/mol. The van der Waals surface area contributed by atoms with Gasteiger partial charge < -0.3 is 44.1 Å². The first-order chi connectivity index (χ1) is 31.0. The van der Waals surface area contributed by atoms with Crippen molar-refractivity contribution >= 4 is 23.4 Å². The van der Waals surface area contributed by atoms with Crippen LogP contribution in [0.3, 0.4) is 0 Å². The molecule has 0 spiro atoms. The smallest absolute Gasteiger partial charge is 0.329 e. The van der Waals surface area contributed by atoms with Gasteiger partial charge in [0.05, 0.1) is 31.0 Å². The van der Waals surface area contributed by atoms with Gasteiger partial charge in [0.2, 0.25) is 5.79 Å². The van der Waals surface area contributed by atoms with Gasteiger partial charge in [-0.2, -0.15) is 0 Å². The SMILES string of the molecule is C=CCOC1CC(C=C(C)C2OC(=O)C3CCCCN3C(=O)C(=O)C3(O)OC(C(OC)CC(C)CC(C)=CC(CC)C(=O)CC(O)C2C)C(OC)CC3C)CCC1NCc1ccccc1. The van der Waals surface area contributed by atoms with Crippen molar-refractivity contribution in [2.45, 2.75) is 173 Å². The van der Waals surface area contributed by atoms with Crippen LogP contribution in [-0.4, -0.2) is 120 Å². The lowest BCUT2D eigenvalue weighted by molar-refractivity contribution is -0.302. The fraction of sp³-hybridized carbons (Fsp3) is 0.692. The Morgan fingerprint density at radius 2 is 1.68 bits per heavy atom. The average Bonchev–Trinajstić information content (AvgIpc) is 3.30. The third-order valence-electron chi connectivity index (χ3n) is 14.5. The maximum absolute atomic E-state index is 14.6. The van der Waals surface area contributed by atoms with Crippen LogP contribution in [0.5, 0.6) is 0 Å². The van der Waals surface area contributed by atoms with E-state index in [-0.39, 0.29) is 55.6 Å². The van der Waals surface area contributed by atoms with Crippen LogP contribution in [-0.2, 0) is 49.4 Å². The van der Waals surface area contributed by atoms with Crippen LogP contribution in [0.1, 0.15) is 118 Å². The molecule has 3 aliphatic heterocycles. The van der Waals surface area contributed by atoms with E-state index < -0.39 is 77.8 Å². The Morgan fingerprint density at radius 3 is 2.35 bits per heavy atom. The number of Topliss-reactive ketones (excluding diaryl/α,β-unsaturated/α-hetero) is 2. The van der Waals surface area contributed by atoms with Crippen molar-refractivity contribution < 1.29 is 53.1 Å². The van der Waals surface area contributed by atoms with Gasteiger partial charge in [-0.05, 0) is 101 Å². The Balaban J connectivity index is 1.48. The summed E-state index contributed by atoms with van der Waals surface area (Å²) in [5, 5.41) is 27.7. The van der Waals surface area contributed by atoms with Gasteiger partial charge in [0.1, 0.15) is 24.0 Å². The summed E-state index contributed by atoms with van der Waals surface area (Å²) in [6, 6.07) is 9.21. The van der Waals surface area contributed by atoms with Crippen molar-refractivity contribution in [3.8, 4) is 0 Å². The number of amides is 1. The number of carbonyl (C=O) groups is 4. The number of hydrogen-bond donors (Lipinski definition) is 3. The fourth-order valence-electron chi connectivity index (χ4n) is 10.6. The molecule has 3 N–H and O–H groups in total. The number of aliphatic hydroxyl groups excluding tert-OH is 1. The van der Waals surface area contributed by atoms with Gasteiger partial charge in [0.15, 0.2) is 0 Å². The number of hydrogen-bond acceptors (Lipinski definition) is 12. The van der Waals surface area contributed by atoms with E-state index in [1.165, 1.54) is 10.5 Å². The molecule has 1 aromatic carbocycles. The first kappa shape index (κ1) is 52.4. The maximum atomic E-state index is 14.6. The number of nitrogens with one attached hydrogen (secondary N) is 1. The molecule has 13 heteroatoms. The number of esters is 1. The second kappa shape index (κ2) is 24.5. The molecule has 14 unspecified atom stereocenters. The van der Waals surface area contributed by atoms with Gasteiger partial charge in [0, 0.05) is 57.5 Å². The van der Waals surface area contributed by atoms with Crippen LogP contribution in [0.25, 0.3) is 0 Å².